The summed E-state index contributed by atoms with van der Waals surface area (Å²) in [4.78, 5) is 16.0. The predicted octanol–water partition coefficient (Wildman–Crippen LogP) is 10.6. The first kappa shape index (κ1) is 30.2. The highest BCUT2D eigenvalue weighted by Gasteiger charge is 2.18. The molecule has 226 valence electrons. The number of allylic oxidation sites excluding steroid dienone is 7. The van der Waals surface area contributed by atoms with Crippen molar-refractivity contribution >= 4 is 40.5 Å². The van der Waals surface area contributed by atoms with E-state index >= 15 is 0 Å². The number of anilines is 5. The van der Waals surface area contributed by atoms with Crippen molar-refractivity contribution in [1.82, 2.24) is 0 Å². The van der Waals surface area contributed by atoms with Crippen molar-refractivity contribution in [3.8, 4) is 6.07 Å². The highest BCUT2D eigenvalue weighted by molar-refractivity contribution is 5.92. The van der Waals surface area contributed by atoms with E-state index < -0.39 is 5.97 Å². The number of nitrogens with zero attached hydrogens (tertiary/aromatic N) is 3. The zero-order valence-corrected chi connectivity index (χ0v) is 25.6. The Kier molecular flexibility index (Phi) is 9.37. The van der Waals surface area contributed by atoms with Crippen LogP contribution in [0.5, 0.6) is 0 Å². The van der Waals surface area contributed by atoms with E-state index in [2.05, 4.69) is 125 Å². The number of rotatable bonds is 9. The summed E-state index contributed by atoms with van der Waals surface area (Å²) < 4.78 is 0. The summed E-state index contributed by atoms with van der Waals surface area (Å²) in [6, 6.07) is 39.8. The monoisotopic (exact) mass is 601 g/mol. The number of hydrogen-bond acceptors (Lipinski definition) is 4. The van der Waals surface area contributed by atoms with Crippen molar-refractivity contribution in [3.05, 3.63) is 168 Å². The summed E-state index contributed by atoms with van der Waals surface area (Å²) in [5.41, 5.74) is 9.06. The molecule has 1 N–H and O–H groups in total. The molecule has 2 aliphatic rings. The molecule has 0 unspecified atom stereocenters. The third-order valence-corrected chi connectivity index (χ3v) is 8.19. The molecule has 0 amide bonds. The Morgan fingerprint density at radius 3 is 1.80 bits per heavy atom. The number of aliphatic carboxylic acids is 1. The lowest BCUT2D eigenvalue weighted by Crippen LogP contribution is -2.16. The van der Waals surface area contributed by atoms with Gasteiger partial charge in [-0.05, 0) is 116 Å². The lowest BCUT2D eigenvalue weighted by atomic mass is 9.91. The molecule has 0 fully saturated rings. The van der Waals surface area contributed by atoms with Crippen LogP contribution >= 0.6 is 0 Å². The molecule has 0 saturated carbocycles. The van der Waals surface area contributed by atoms with Gasteiger partial charge in [0, 0.05) is 34.1 Å². The number of benzene rings is 4. The van der Waals surface area contributed by atoms with Crippen LogP contribution in [-0.4, -0.2) is 11.1 Å². The number of carboxylic acids is 1. The van der Waals surface area contributed by atoms with Crippen LogP contribution in [0.15, 0.2) is 162 Å². The van der Waals surface area contributed by atoms with Crippen molar-refractivity contribution in [2.45, 2.75) is 32.1 Å². The van der Waals surface area contributed by atoms with Gasteiger partial charge in [0.05, 0.1) is 0 Å². The van der Waals surface area contributed by atoms with Gasteiger partial charge in [-0.2, -0.15) is 5.26 Å². The van der Waals surface area contributed by atoms with E-state index in [9.17, 15) is 15.2 Å². The van der Waals surface area contributed by atoms with Crippen LogP contribution < -0.4 is 9.80 Å². The van der Waals surface area contributed by atoms with E-state index in [1.165, 1.54) is 0 Å². The number of carboxylic acid groups (broad SMARTS) is 1. The van der Waals surface area contributed by atoms with Crippen LogP contribution in [-0.2, 0) is 4.79 Å². The molecule has 46 heavy (non-hydrogen) atoms. The molecule has 0 saturated heterocycles. The molecule has 4 aromatic carbocycles. The smallest absolute Gasteiger partial charge is 0.346 e. The van der Waals surface area contributed by atoms with Gasteiger partial charge in [0.2, 0.25) is 0 Å². The first-order chi connectivity index (χ1) is 22.6. The second-order valence-corrected chi connectivity index (χ2v) is 11.3. The van der Waals surface area contributed by atoms with Gasteiger partial charge >= 0.3 is 5.97 Å². The molecule has 0 atom stereocenters. The minimum absolute atomic E-state index is 0.165. The molecular weight excluding hydrogens is 566 g/mol. The minimum Gasteiger partial charge on any atom is -0.477 e. The molecule has 5 heteroatoms. The van der Waals surface area contributed by atoms with Crippen LogP contribution in [0.3, 0.4) is 0 Å². The average molecular weight is 602 g/mol. The summed E-state index contributed by atoms with van der Waals surface area (Å²) >= 11 is 0. The fraction of sp³-hybridized carbons (Fsp3) is 0.122. The van der Waals surface area contributed by atoms with Gasteiger partial charge in [0.25, 0.3) is 0 Å². The van der Waals surface area contributed by atoms with Crippen molar-refractivity contribution in [2.24, 2.45) is 0 Å². The Hall–Kier alpha value is -5.86. The SMILES string of the molecule is N#C/C(C(=O)O)=C1C=C(/C=C/c2ccc(N(C3=CCCC=C3)c3ccc(N(c4ccccc4)c4ccccc4)cc3)cc2)CCC\1. The third kappa shape index (κ3) is 6.93. The summed E-state index contributed by atoms with van der Waals surface area (Å²) in [6.45, 7) is 0. The van der Waals surface area contributed by atoms with Gasteiger partial charge < -0.3 is 14.9 Å². The number of para-hydroxylation sites is 2. The van der Waals surface area contributed by atoms with Crippen LogP contribution in [0.1, 0.15) is 37.7 Å². The van der Waals surface area contributed by atoms with E-state index in [-0.39, 0.29) is 5.57 Å². The maximum Gasteiger partial charge on any atom is 0.346 e. The Bertz CT molecular complexity index is 1840. The third-order valence-electron chi connectivity index (χ3n) is 8.19. The quantitative estimate of drug-likeness (QED) is 0.153. The van der Waals surface area contributed by atoms with Gasteiger partial charge in [0.1, 0.15) is 11.6 Å². The maximum absolute atomic E-state index is 11.4. The maximum atomic E-state index is 11.4. The lowest BCUT2D eigenvalue weighted by Gasteiger charge is -2.29. The van der Waals surface area contributed by atoms with Gasteiger partial charge in [-0.15, -0.1) is 0 Å². The van der Waals surface area contributed by atoms with E-state index in [1.54, 1.807) is 0 Å². The van der Waals surface area contributed by atoms with Crippen molar-refractivity contribution in [3.63, 3.8) is 0 Å². The van der Waals surface area contributed by atoms with E-state index in [0.29, 0.717) is 12.0 Å². The van der Waals surface area contributed by atoms with E-state index in [0.717, 1.165) is 71.0 Å². The van der Waals surface area contributed by atoms with Gasteiger partial charge in [-0.25, -0.2) is 4.79 Å². The van der Waals surface area contributed by atoms with Crippen LogP contribution in [0.25, 0.3) is 6.08 Å². The molecular formula is C41H35N3O2. The van der Waals surface area contributed by atoms with Gasteiger partial charge in [-0.3, -0.25) is 0 Å². The minimum atomic E-state index is -1.17. The van der Waals surface area contributed by atoms with Gasteiger partial charge in [-0.1, -0.05) is 78.9 Å². The Labute approximate surface area is 270 Å². The fourth-order valence-corrected chi connectivity index (χ4v) is 5.94. The molecule has 0 aliphatic heterocycles. The predicted molar refractivity (Wildman–Crippen MR) is 187 cm³/mol. The highest BCUT2D eigenvalue weighted by Crippen LogP contribution is 2.38. The van der Waals surface area contributed by atoms with Crippen LogP contribution in [0, 0.1) is 11.3 Å². The number of nitriles is 1. The Balaban J connectivity index is 1.28. The van der Waals surface area contributed by atoms with Crippen molar-refractivity contribution < 1.29 is 9.90 Å². The second-order valence-electron chi connectivity index (χ2n) is 11.3. The molecule has 5 nitrogen and oxygen atoms in total. The molecule has 2 aliphatic carbocycles. The van der Waals surface area contributed by atoms with Crippen LogP contribution in [0.2, 0.25) is 0 Å². The van der Waals surface area contributed by atoms with Crippen LogP contribution in [0.4, 0.5) is 28.4 Å². The molecule has 0 bridgehead atoms. The molecule has 0 radical (unpaired) electrons. The Morgan fingerprint density at radius 2 is 1.26 bits per heavy atom. The molecule has 0 spiro atoms. The molecule has 4 aromatic rings. The number of hydrogen-bond donors (Lipinski definition) is 1. The highest BCUT2D eigenvalue weighted by atomic mass is 16.4. The fourth-order valence-electron chi connectivity index (χ4n) is 5.94. The topological polar surface area (TPSA) is 67.6 Å². The second kappa shape index (κ2) is 14.3. The van der Waals surface area contributed by atoms with Crippen molar-refractivity contribution in [2.75, 3.05) is 9.80 Å². The largest absolute Gasteiger partial charge is 0.477 e. The summed E-state index contributed by atoms with van der Waals surface area (Å²) in [7, 11) is 0. The van der Waals surface area contributed by atoms with E-state index in [1.807, 2.05) is 36.4 Å². The zero-order chi connectivity index (χ0) is 31.7. The van der Waals surface area contributed by atoms with Crippen molar-refractivity contribution in [1.29, 1.82) is 5.26 Å². The zero-order valence-electron chi connectivity index (χ0n) is 25.6. The average Bonchev–Trinajstić information content (AvgIpc) is 3.11. The summed E-state index contributed by atoms with van der Waals surface area (Å²) in [5.74, 6) is -1.17. The molecule has 0 aromatic heterocycles. The van der Waals surface area contributed by atoms with E-state index in [4.69, 9.17) is 0 Å². The standard InChI is InChI=1S/C41H35N3O2/c42-30-40(41(45)46)33-12-10-11-32(29-33)20-19-31-21-23-37(24-22-31)44(36-17-8-3-9-18-36)39-27-25-38(26-28-39)43(34-13-4-1-5-14-34)35-15-6-2-7-16-35/h1-2,4-8,13-29H,3,9-12H2,(H,45,46)/b20-19+,40-33+. The number of carbonyl (C=O) groups is 1. The normalized spacial score (nSPS) is 15.5. The molecule has 0 heterocycles. The lowest BCUT2D eigenvalue weighted by molar-refractivity contribution is -0.132. The van der Waals surface area contributed by atoms with Gasteiger partial charge in [0.15, 0.2) is 0 Å². The first-order valence-electron chi connectivity index (χ1n) is 15.6. The molecule has 6 rings (SSSR count). The first-order valence-corrected chi connectivity index (χ1v) is 15.6. The summed E-state index contributed by atoms with van der Waals surface area (Å²) in [5, 5.41) is 18.6. The Morgan fingerprint density at radius 1 is 0.696 bits per heavy atom. The summed E-state index contributed by atoms with van der Waals surface area (Å²) in [6.07, 6.45) is 17.0.